The van der Waals surface area contributed by atoms with Gasteiger partial charge in [0.2, 0.25) is 5.91 Å². The van der Waals surface area contributed by atoms with Crippen molar-refractivity contribution in [3.8, 4) is 0 Å². The summed E-state index contributed by atoms with van der Waals surface area (Å²) in [7, 11) is 0. The average Bonchev–Trinajstić information content (AvgIpc) is 2.56. The number of rotatable bonds is 6. The minimum Gasteiger partial charge on any atom is -0.450 e. The number of benzene rings is 1. The number of carbonyl (C=O) groups excluding carboxylic acids is 2. The number of anilines is 1. The minimum absolute atomic E-state index is 0.0131. The molecule has 0 radical (unpaired) electrons. The molecule has 0 aromatic heterocycles. The van der Waals surface area contributed by atoms with Gasteiger partial charge in [0, 0.05) is 42.8 Å². The smallest absolute Gasteiger partial charge is 0.409 e. The van der Waals surface area contributed by atoms with E-state index in [1.165, 1.54) is 0 Å². The predicted molar refractivity (Wildman–Crippen MR) is 94.3 cm³/mol. The van der Waals surface area contributed by atoms with E-state index in [4.69, 9.17) is 16.3 Å². The zero-order valence-electron chi connectivity index (χ0n) is 13.9. The summed E-state index contributed by atoms with van der Waals surface area (Å²) in [5.41, 5.74) is 0.901. The molecule has 0 unspecified atom stereocenters. The van der Waals surface area contributed by atoms with E-state index in [0.717, 1.165) is 18.5 Å². The van der Waals surface area contributed by atoms with Crippen molar-refractivity contribution in [2.75, 3.05) is 31.6 Å². The second kappa shape index (κ2) is 9.37. The van der Waals surface area contributed by atoms with Crippen molar-refractivity contribution in [3.05, 3.63) is 29.3 Å². The first kappa shape index (κ1) is 18.4. The van der Waals surface area contributed by atoms with Gasteiger partial charge < -0.3 is 20.3 Å². The number of halogens is 1. The lowest BCUT2D eigenvalue weighted by Gasteiger charge is -2.31. The van der Waals surface area contributed by atoms with Gasteiger partial charge in [0.15, 0.2) is 0 Å². The molecule has 1 saturated heterocycles. The molecule has 0 bridgehead atoms. The van der Waals surface area contributed by atoms with E-state index in [0.29, 0.717) is 37.7 Å². The zero-order valence-corrected chi connectivity index (χ0v) is 14.6. The Labute approximate surface area is 147 Å². The fourth-order valence-electron chi connectivity index (χ4n) is 2.64. The van der Waals surface area contributed by atoms with Crippen LogP contribution in [0.1, 0.15) is 26.2 Å². The summed E-state index contributed by atoms with van der Waals surface area (Å²) in [6.07, 6.45) is 1.64. The molecule has 1 aliphatic heterocycles. The van der Waals surface area contributed by atoms with Gasteiger partial charge >= 0.3 is 6.09 Å². The number of hydrogen-bond acceptors (Lipinski definition) is 4. The van der Waals surface area contributed by atoms with Gasteiger partial charge in [0.25, 0.3) is 0 Å². The summed E-state index contributed by atoms with van der Waals surface area (Å²) < 4.78 is 4.98. The second-order valence-corrected chi connectivity index (χ2v) is 6.15. The van der Waals surface area contributed by atoms with Crippen LogP contribution in [0.5, 0.6) is 0 Å². The van der Waals surface area contributed by atoms with Gasteiger partial charge in [-0.05, 0) is 38.0 Å². The summed E-state index contributed by atoms with van der Waals surface area (Å²) in [6.45, 7) is 3.96. The molecular formula is C17H24ClN3O3. The van der Waals surface area contributed by atoms with Crippen molar-refractivity contribution in [3.63, 3.8) is 0 Å². The molecule has 6 nitrogen and oxygen atoms in total. The highest BCUT2D eigenvalue weighted by atomic mass is 35.5. The molecule has 2 N–H and O–H groups in total. The van der Waals surface area contributed by atoms with E-state index in [2.05, 4.69) is 10.6 Å². The molecule has 1 aromatic carbocycles. The molecular weight excluding hydrogens is 330 g/mol. The third-order valence-electron chi connectivity index (χ3n) is 3.89. The Balaban J connectivity index is 1.64. The fourth-order valence-corrected chi connectivity index (χ4v) is 2.83. The summed E-state index contributed by atoms with van der Waals surface area (Å²) in [5, 5.41) is 6.86. The van der Waals surface area contributed by atoms with Crippen molar-refractivity contribution in [2.24, 2.45) is 0 Å². The van der Waals surface area contributed by atoms with E-state index in [1.54, 1.807) is 11.8 Å². The average molecular weight is 354 g/mol. The highest BCUT2D eigenvalue weighted by Crippen LogP contribution is 2.15. The topological polar surface area (TPSA) is 70.7 Å². The maximum Gasteiger partial charge on any atom is 0.409 e. The largest absolute Gasteiger partial charge is 0.450 e. The van der Waals surface area contributed by atoms with Crippen LogP contribution in [0.3, 0.4) is 0 Å². The number of hydrogen-bond donors (Lipinski definition) is 2. The van der Waals surface area contributed by atoms with Crippen molar-refractivity contribution < 1.29 is 14.3 Å². The minimum atomic E-state index is -0.270. The third kappa shape index (κ3) is 5.92. The number of amides is 2. The Morgan fingerprint density at radius 3 is 2.75 bits per heavy atom. The Morgan fingerprint density at radius 2 is 2.08 bits per heavy atom. The summed E-state index contributed by atoms with van der Waals surface area (Å²) in [6, 6.07) is 7.53. The molecule has 24 heavy (non-hydrogen) atoms. The monoisotopic (exact) mass is 353 g/mol. The van der Waals surface area contributed by atoms with Gasteiger partial charge in [-0.3, -0.25) is 4.79 Å². The second-order valence-electron chi connectivity index (χ2n) is 5.71. The van der Waals surface area contributed by atoms with Gasteiger partial charge in [-0.2, -0.15) is 0 Å². The molecule has 7 heteroatoms. The maximum atomic E-state index is 12.0. The molecule has 1 aromatic rings. The molecule has 1 fully saturated rings. The van der Waals surface area contributed by atoms with Crippen LogP contribution in [-0.4, -0.2) is 49.2 Å². The van der Waals surface area contributed by atoms with Gasteiger partial charge in [0.1, 0.15) is 0 Å². The zero-order chi connectivity index (χ0) is 17.4. The van der Waals surface area contributed by atoms with E-state index >= 15 is 0 Å². The number of piperidine rings is 1. The molecule has 2 rings (SSSR count). The van der Waals surface area contributed by atoms with Crippen molar-refractivity contribution >= 4 is 29.3 Å². The van der Waals surface area contributed by atoms with Crippen LogP contribution < -0.4 is 10.6 Å². The van der Waals surface area contributed by atoms with Gasteiger partial charge in [-0.1, -0.05) is 17.7 Å². The van der Waals surface area contributed by atoms with Crippen LogP contribution in [0.4, 0.5) is 10.5 Å². The molecule has 0 saturated carbocycles. The molecule has 1 aliphatic rings. The van der Waals surface area contributed by atoms with Gasteiger partial charge in [-0.25, -0.2) is 4.79 Å². The predicted octanol–water partition coefficient (Wildman–Crippen LogP) is 2.88. The van der Waals surface area contributed by atoms with E-state index in [1.807, 2.05) is 24.3 Å². The molecule has 1 heterocycles. The quantitative estimate of drug-likeness (QED) is 0.825. The molecule has 132 valence electrons. The van der Waals surface area contributed by atoms with Gasteiger partial charge in [0.05, 0.1) is 6.61 Å². The normalized spacial score (nSPS) is 15.0. The van der Waals surface area contributed by atoms with Crippen LogP contribution in [-0.2, 0) is 9.53 Å². The Morgan fingerprint density at radius 1 is 1.33 bits per heavy atom. The number of carbonyl (C=O) groups is 2. The van der Waals surface area contributed by atoms with Crippen molar-refractivity contribution in [2.45, 2.75) is 32.2 Å². The maximum absolute atomic E-state index is 12.0. The van der Waals surface area contributed by atoms with Crippen molar-refractivity contribution in [1.29, 1.82) is 0 Å². The van der Waals surface area contributed by atoms with Crippen LogP contribution in [0.15, 0.2) is 24.3 Å². The lowest BCUT2D eigenvalue weighted by molar-refractivity contribution is -0.121. The van der Waals surface area contributed by atoms with Gasteiger partial charge in [-0.15, -0.1) is 0 Å². The number of nitrogens with one attached hydrogen (secondary N) is 2. The first-order valence-corrected chi connectivity index (χ1v) is 8.66. The van der Waals surface area contributed by atoms with E-state index in [9.17, 15) is 9.59 Å². The summed E-state index contributed by atoms with van der Waals surface area (Å²) in [4.78, 5) is 25.3. The van der Waals surface area contributed by atoms with Crippen LogP contribution >= 0.6 is 11.6 Å². The fraction of sp³-hybridized carbons (Fsp3) is 0.529. The number of nitrogens with zero attached hydrogens (tertiary/aromatic N) is 1. The SMILES string of the molecule is CCOC(=O)N1CCC(NC(=O)CCNc2cccc(Cl)c2)CC1. The molecule has 0 aliphatic carbocycles. The third-order valence-corrected chi connectivity index (χ3v) is 4.13. The Kier molecular flexibility index (Phi) is 7.18. The lowest BCUT2D eigenvalue weighted by Crippen LogP contribution is -2.46. The highest BCUT2D eigenvalue weighted by Gasteiger charge is 2.24. The standard InChI is InChI=1S/C17H24ClN3O3/c1-2-24-17(23)21-10-7-14(8-11-21)20-16(22)6-9-19-15-5-3-4-13(18)12-15/h3-5,12,14,19H,2,6-11H2,1H3,(H,20,22). The van der Waals surface area contributed by atoms with Crippen LogP contribution in [0.25, 0.3) is 0 Å². The van der Waals surface area contributed by atoms with Crippen LogP contribution in [0, 0.1) is 0 Å². The Hall–Kier alpha value is -1.95. The first-order chi connectivity index (χ1) is 11.6. The summed E-state index contributed by atoms with van der Waals surface area (Å²) in [5.74, 6) is 0.0131. The van der Waals surface area contributed by atoms with E-state index in [-0.39, 0.29) is 18.0 Å². The molecule has 2 amide bonds. The van der Waals surface area contributed by atoms with E-state index < -0.39 is 0 Å². The number of likely N-dealkylation sites (tertiary alicyclic amines) is 1. The Bertz CT molecular complexity index is 560. The first-order valence-electron chi connectivity index (χ1n) is 8.29. The highest BCUT2D eigenvalue weighted by molar-refractivity contribution is 6.30. The molecule has 0 atom stereocenters. The lowest BCUT2D eigenvalue weighted by atomic mass is 10.1. The van der Waals surface area contributed by atoms with Crippen LogP contribution in [0.2, 0.25) is 5.02 Å². The summed E-state index contributed by atoms with van der Waals surface area (Å²) >= 11 is 5.91. The number of ether oxygens (including phenoxy) is 1. The molecule has 0 spiro atoms. The van der Waals surface area contributed by atoms with Crippen molar-refractivity contribution in [1.82, 2.24) is 10.2 Å².